The Labute approximate surface area is 206 Å². The minimum Gasteiger partial charge on any atom is -0.497 e. The van der Waals surface area contributed by atoms with Crippen molar-refractivity contribution < 1.29 is 9.47 Å². The van der Waals surface area contributed by atoms with E-state index < -0.39 is 0 Å². The van der Waals surface area contributed by atoms with Gasteiger partial charge in [0.05, 0.1) is 31.5 Å². The molecule has 0 saturated carbocycles. The first-order valence-corrected chi connectivity index (χ1v) is 12.5. The van der Waals surface area contributed by atoms with Gasteiger partial charge in [-0.05, 0) is 41.5 Å². The van der Waals surface area contributed by atoms with Crippen LogP contribution in [0, 0.1) is 0 Å². The molecule has 4 aromatic rings. The Hall–Kier alpha value is -3.43. The van der Waals surface area contributed by atoms with Crippen molar-refractivity contribution in [1.29, 1.82) is 0 Å². The molecule has 0 radical (unpaired) electrons. The largest absolute Gasteiger partial charge is 0.497 e. The van der Waals surface area contributed by atoms with Gasteiger partial charge in [-0.2, -0.15) is 5.10 Å². The molecule has 1 heterocycles. The van der Waals surface area contributed by atoms with Gasteiger partial charge in [0.25, 0.3) is 0 Å². The average Bonchev–Trinajstić information content (AvgIpc) is 3.29. The van der Waals surface area contributed by atoms with E-state index in [2.05, 4.69) is 32.3 Å². The van der Waals surface area contributed by atoms with Crippen molar-refractivity contribution in [3.63, 3.8) is 0 Å². The normalized spacial score (nSPS) is 11.9. The van der Waals surface area contributed by atoms with E-state index in [1.165, 1.54) is 17.3 Å². The summed E-state index contributed by atoms with van der Waals surface area (Å²) in [7, 11) is 3.32. The van der Waals surface area contributed by atoms with Gasteiger partial charge in [0.1, 0.15) is 11.5 Å². The molecule has 3 aromatic carbocycles. The van der Waals surface area contributed by atoms with Crippen LogP contribution in [0.25, 0.3) is 11.0 Å². The molecule has 0 saturated heterocycles. The third kappa shape index (κ3) is 6.33. The molecule has 0 bridgehead atoms. The highest BCUT2D eigenvalue weighted by Gasteiger charge is 2.09. The number of ether oxygens (including phenoxy) is 2. The van der Waals surface area contributed by atoms with Gasteiger partial charge in [0.15, 0.2) is 10.3 Å². The monoisotopic (exact) mass is 491 g/mol. The number of amidine groups is 1. The molecule has 3 N–H and O–H groups in total. The second-order valence-corrected chi connectivity index (χ2v) is 9.20. The number of imidazole rings is 1. The molecule has 0 spiro atoms. The number of nitrogens with zero attached hydrogens (tertiary/aromatic N) is 3. The highest BCUT2D eigenvalue weighted by atomic mass is 32.2. The van der Waals surface area contributed by atoms with Crippen LogP contribution in [0.15, 0.2) is 82.1 Å². The van der Waals surface area contributed by atoms with Crippen LogP contribution in [0.2, 0.25) is 0 Å². The van der Waals surface area contributed by atoms with Crippen molar-refractivity contribution >= 4 is 45.9 Å². The van der Waals surface area contributed by atoms with Gasteiger partial charge in [-0.25, -0.2) is 4.98 Å². The van der Waals surface area contributed by atoms with Gasteiger partial charge in [0.2, 0.25) is 0 Å². The first-order chi connectivity index (χ1) is 16.6. The average molecular weight is 492 g/mol. The Balaban J connectivity index is 1.40. The fraction of sp³-hybridized carbons (Fsp3) is 0.160. The molecule has 7 nitrogen and oxygen atoms in total. The summed E-state index contributed by atoms with van der Waals surface area (Å²) < 4.78 is 10.8. The van der Waals surface area contributed by atoms with Crippen molar-refractivity contribution in [3.8, 4) is 11.5 Å². The van der Waals surface area contributed by atoms with Crippen LogP contribution in [-0.2, 0) is 11.5 Å². The summed E-state index contributed by atoms with van der Waals surface area (Å²) in [5.41, 5.74) is 11.0. The van der Waals surface area contributed by atoms with Gasteiger partial charge in [-0.1, -0.05) is 53.9 Å². The molecule has 0 atom stereocenters. The molecular weight excluding hydrogens is 466 g/mol. The highest BCUT2D eigenvalue weighted by molar-refractivity contribution is 8.13. The maximum absolute atomic E-state index is 5.98. The van der Waals surface area contributed by atoms with Crippen molar-refractivity contribution in [2.45, 2.75) is 16.7 Å². The zero-order valence-electron chi connectivity index (χ0n) is 18.9. The second-order valence-electron chi connectivity index (χ2n) is 7.24. The summed E-state index contributed by atoms with van der Waals surface area (Å²) >= 11 is 3.06. The van der Waals surface area contributed by atoms with E-state index in [1.54, 1.807) is 32.2 Å². The number of nitrogens with two attached hydrogens (primary N) is 1. The van der Waals surface area contributed by atoms with Crippen LogP contribution < -0.4 is 15.2 Å². The Morgan fingerprint density at radius 3 is 2.68 bits per heavy atom. The van der Waals surface area contributed by atoms with Crippen molar-refractivity contribution in [2.24, 2.45) is 15.9 Å². The topological polar surface area (TPSA) is 97.9 Å². The van der Waals surface area contributed by atoms with Gasteiger partial charge < -0.3 is 20.2 Å². The second kappa shape index (κ2) is 11.6. The first kappa shape index (κ1) is 23.7. The lowest BCUT2D eigenvalue weighted by Crippen LogP contribution is -2.06. The molecule has 0 unspecified atom stereocenters. The third-order valence-electron chi connectivity index (χ3n) is 4.93. The standard InChI is InChI=1S/C25H25N5O2S2/c1-31-20-9-10-21-22(13-20)29-25(28-21)34-16-19-12-18(8-11-23(19)32-2)14-27-30-24(26)33-15-17-6-4-3-5-7-17/h3-14H,15-16H2,1-2H3,(H2,26,30)(H,28,29). The quantitative estimate of drug-likeness (QED) is 0.140. The lowest BCUT2D eigenvalue weighted by Gasteiger charge is -2.08. The molecule has 9 heteroatoms. The van der Waals surface area contributed by atoms with E-state index in [0.717, 1.165) is 44.6 Å². The van der Waals surface area contributed by atoms with E-state index in [-0.39, 0.29) is 0 Å². The Morgan fingerprint density at radius 1 is 1.03 bits per heavy atom. The van der Waals surface area contributed by atoms with Crippen LogP contribution >= 0.6 is 23.5 Å². The molecule has 174 valence electrons. The number of thioether (sulfide) groups is 2. The smallest absolute Gasteiger partial charge is 0.180 e. The molecular formula is C25H25N5O2S2. The van der Waals surface area contributed by atoms with Crippen molar-refractivity contribution in [3.05, 3.63) is 83.4 Å². The molecule has 34 heavy (non-hydrogen) atoms. The molecule has 0 aliphatic heterocycles. The number of hydrogen-bond donors (Lipinski definition) is 2. The SMILES string of the molecule is COc1ccc2nc(SCc3cc(C=NN=C(N)SCc4ccccc4)ccc3OC)[nH]c2c1. The van der Waals surface area contributed by atoms with E-state index in [9.17, 15) is 0 Å². The number of benzene rings is 3. The Bertz CT molecular complexity index is 1310. The Kier molecular flexibility index (Phi) is 8.11. The van der Waals surface area contributed by atoms with Crippen molar-refractivity contribution in [1.82, 2.24) is 9.97 Å². The number of nitrogens with one attached hydrogen (secondary N) is 1. The predicted molar refractivity (Wildman–Crippen MR) is 142 cm³/mol. The van der Waals surface area contributed by atoms with E-state index in [0.29, 0.717) is 10.9 Å². The predicted octanol–water partition coefficient (Wildman–Crippen LogP) is 5.45. The maximum Gasteiger partial charge on any atom is 0.180 e. The van der Waals surface area contributed by atoms with Crippen LogP contribution in [0.1, 0.15) is 16.7 Å². The number of rotatable bonds is 9. The van der Waals surface area contributed by atoms with Gasteiger partial charge in [-0.3, -0.25) is 0 Å². The van der Waals surface area contributed by atoms with Gasteiger partial charge in [-0.15, -0.1) is 5.10 Å². The highest BCUT2D eigenvalue weighted by Crippen LogP contribution is 2.29. The lowest BCUT2D eigenvalue weighted by molar-refractivity contribution is 0.411. The minimum absolute atomic E-state index is 0.422. The number of H-pyrrole nitrogens is 1. The van der Waals surface area contributed by atoms with Crippen LogP contribution in [0.5, 0.6) is 11.5 Å². The molecule has 0 aliphatic rings. The summed E-state index contributed by atoms with van der Waals surface area (Å²) in [6.07, 6.45) is 1.69. The summed E-state index contributed by atoms with van der Waals surface area (Å²) in [6, 6.07) is 21.8. The number of hydrogen-bond acceptors (Lipinski definition) is 7. The van der Waals surface area contributed by atoms with Crippen LogP contribution in [0.4, 0.5) is 0 Å². The van der Waals surface area contributed by atoms with Crippen molar-refractivity contribution in [2.75, 3.05) is 14.2 Å². The third-order valence-corrected chi connectivity index (χ3v) is 6.71. The van der Waals surface area contributed by atoms with Crippen LogP contribution in [-0.4, -0.2) is 35.6 Å². The first-order valence-electron chi connectivity index (χ1n) is 10.5. The minimum atomic E-state index is 0.422. The zero-order chi connectivity index (χ0) is 23.8. The molecule has 4 rings (SSSR count). The number of aromatic amines is 1. The zero-order valence-corrected chi connectivity index (χ0v) is 20.5. The fourth-order valence-electron chi connectivity index (χ4n) is 3.21. The summed E-state index contributed by atoms with van der Waals surface area (Å²) in [4.78, 5) is 7.97. The fourth-order valence-corrected chi connectivity index (χ4v) is 4.69. The summed E-state index contributed by atoms with van der Waals surface area (Å²) in [5.74, 6) is 3.04. The Morgan fingerprint density at radius 2 is 1.88 bits per heavy atom. The molecule has 0 fully saturated rings. The molecule has 0 amide bonds. The van der Waals surface area contributed by atoms with E-state index >= 15 is 0 Å². The molecule has 0 aliphatic carbocycles. The number of aromatic nitrogens is 2. The molecule has 1 aromatic heterocycles. The van der Waals surface area contributed by atoms with Gasteiger partial charge >= 0.3 is 0 Å². The van der Waals surface area contributed by atoms with Gasteiger partial charge in [0, 0.05) is 23.1 Å². The number of methoxy groups -OCH3 is 2. The lowest BCUT2D eigenvalue weighted by atomic mass is 10.1. The number of fused-ring (bicyclic) bond motifs is 1. The maximum atomic E-state index is 5.98. The summed E-state index contributed by atoms with van der Waals surface area (Å²) in [6.45, 7) is 0. The summed E-state index contributed by atoms with van der Waals surface area (Å²) in [5, 5.41) is 9.51. The van der Waals surface area contributed by atoms with Crippen LogP contribution in [0.3, 0.4) is 0 Å². The van der Waals surface area contributed by atoms with E-state index in [1.807, 2.05) is 54.6 Å². The van der Waals surface area contributed by atoms with E-state index in [4.69, 9.17) is 15.2 Å².